The van der Waals surface area contributed by atoms with Crippen molar-refractivity contribution in [1.82, 2.24) is 5.32 Å². The number of nitrogens with one attached hydrogen (secondary N) is 1. The summed E-state index contributed by atoms with van der Waals surface area (Å²) < 4.78 is 46.3. The van der Waals surface area contributed by atoms with Crippen molar-refractivity contribution in [1.29, 1.82) is 0 Å². The number of β-amino-alcohol motifs (C(OH)–C–C–N with tert-alkyl or cyclic N) is 1. The van der Waals surface area contributed by atoms with Crippen LogP contribution in [0.15, 0.2) is 42.5 Å². The first kappa shape index (κ1) is 28.2. The SMILES string of the molecule is CC(OC[C@H](O)CNC(C)(C)CC1Cc2ccccc2C1)c1cccc(C(F)(F)F)c1CCC(=O)O. The fourth-order valence-corrected chi connectivity index (χ4v) is 5.15. The zero-order valence-electron chi connectivity index (χ0n) is 21.1. The number of aliphatic hydroxyl groups is 1. The maximum atomic E-state index is 13.5. The number of ether oxygens (including phenoxy) is 1. The minimum absolute atomic E-state index is 0.0618. The standard InChI is InChI=1S/C28H36F3NO4/c1-18(23-9-6-10-25(28(29,30)31)24(23)11-12-26(34)35)36-17-22(33)16-32-27(2,3)15-19-13-20-7-4-5-8-21(20)14-19/h4-10,18-19,22,32-33H,11-17H2,1-3H3,(H,34,35)/t18?,22-/m1/s1. The Morgan fingerprint density at radius 1 is 1.11 bits per heavy atom. The number of halogens is 3. The van der Waals surface area contributed by atoms with Crippen molar-refractivity contribution in [2.75, 3.05) is 13.2 Å². The maximum Gasteiger partial charge on any atom is 0.416 e. The Balaban J connectivity index is 1.53. The number of aliphatic carboxylic acids is 1. The maximum absolute atomic E-state index is 13.5. The van der Waals surface area contributed by atoms with Gasteiger partial charge >= 0.3 is 12.1 Å². The van der Waals surface area contributed by atoms with E-state index in [0.29, 0.717) is 5.92 Å². The Morgan fingerprint density at radius 3 is 2.33 bits per heavy atom. The van der Waals surface area contributed by atoms with Crippen LogP contribution in [-0.4, -0.2) is 41.0 Å². The summed E-state index contributed by atoms with van der Waals surface area (Å²) in [5.74, 6) is -0.638. The summed E-state index contributed by atoms with van der Waals surface area (Å²) in [5, 5.41) is 22.9. The Kier molecular flexibility index (Phi) is 9.19. The quantitative estimate of drug-likeness (QED) is 0.362. The number of hydrogen-bond donors (Lipinski definition) is 3. The zero-order valence-corrected chi connectivity index (χ0v) is 21.1. The van der Waals surface area contributed by atoms with Crippen molar-refractivity contribution in [2.45, 2.75) is 76.8 Å². The van der Waals surface area contributed by atoms with Gasteiger partial charge in [-0.15, -0.1) is 0 Å². The Labute approximate surface area is 210 Å². The van der Waals surface area contributed by atoms with E-state index >= 15 is 0 Å². The first-order chi connectivity index (χ1) is 16.9. The molecule has 2 aromatic rings. The number of carboxylic acid groups (broad SMARTS) is 1. The highest BCUT2D eigenvalue weighted by Crippen LogP contribution is 2.36. The van der Waals surface area contributed by atoms with Crippen molar-refractivity contribution < 1.29 is 32.9 Å². The summed E-state index contributed by atoms with van der Waals surface area (Å²) in [6.07, 6.45) is -3.81. The monoisotopic (exact) mass is 507 g/mol. The molecule has 1 aliphatic carbocycles. The van der Waals surface area contributed by atoms with E-state index in [1.807, 2.05) is 0 Å². The third kappa shape index (κ3) is 7.79. The molecule has 0 radical (unpaired) electrons. The largest absolute Gasteiger partial charge is 0.481 e. The molecule has 2 aromatic carbocycles. The Bertz CT molecular complexity index is 1010. The number of benzene rings is 2. The fraction of sp³-hybridized carbons (Fsp3) is 0.536. The molecular formula is C28H36F3NO4. The highest BCUT2D eigenvalue weighted by Gasteiger charge is 2.35. The van der Waals surface area contributed by atoms with Crippen LogP contribution in [0, 0.1) is 5.92 Å². The average molecular weight is 508 g/mol. The van der Waals surface area contributed by atoms with Gasteiger partial charge in [-0.25, -0.2) is 0 Å². The molecule has 2 atom stereocenters. The zero-order chi connectivity index (χ0) is 26.5. The smallest absolute Gasteiger partial charge is 0.416 e. The highest BCUT2D eigenvalue weighted by atomic mass is 19.4. The molecule has 198 valence electrons. The normalized spacial score (nSPS) is 16.1. The second-order valence-corrected chi connectivity index (χ2v) is 10.4. The van der Waals surface area contributed by atoms with E-state index in [9.17, 15) is 23.1 Å². The van der Waals surface area contributed by atoms with Crippen LogP contribution < -0.4 is 5.32 Å². The molecule has 0 spiro atoms. The van der Waals surface area contributed by atoms with Crippen LogP contribution in [0.1, 0.15) is 67.5 Å². The lowest BCUT2D eigenvalue weighted by molar-refractivity contribution is -0.140. The van der Waals surface area contributed by atoms with Crippen LogP contribution >= 0.6 is 0 Å². The van der Waals surface area contributed by atoms with Crippen molar-refractivity contribution >= 4 is 5.97 Å². The number of aliphatic hydroxyl groups excluding tert-OH is 1. The lowest BCUT2D eigenvalue weighted by Gasteiger charge is -2.31. The Morgan fingerprint density at radius 2 is 1.75 bits per heavy atom. The van der Waals surface area contributed by atoms with Gasteiger partial charge in [0.05, 0.1) is 24.4 Å². The first-order valence-electron chi connectivity index (χ1n) is 12.4. The van der Waals surface area contributed by atoms with Crippen LogP contribution in [0.2, 0.25) is 0 Å². The third-order valence-electron chi connectivity index (χ3n) is 6.83. The summed E-state index contributed by atoms with van der Waals surface area (Å²) in [6.45, 7) is 6.04. The van der Waals surface area contributed by atoms with Crippen LogP contribution in [0.4, 0.5) is 13.2 Å². The number of fused-ring (bicyclic) bond motifs is 1. The molecule has 3 rings (SSSR count). The van der Waals surface area contributed by atoms with Crippen molar-refractivity contribution in [2.24, 2.45) is 5.92 Å². The minimum atomic E-state index is -4.60. The van der Waals surface area contributed by atoms with Crippen LogP contribution in [0.25, 0.3) is 0 Å². The van der Waals surface area contributed by atoms with Crippen LogP contribution in [-0.2, 0) is 35.0 Å². The van der Waals surface area contributed by atoms with Gasteiger partial charge in [0.1, 0.15) is 0 Å². The summed E-state index contributed by atoms with van der Waals surface area (Å²) in [7, 11) is 0. The van der Waals surface area contributed by atoms with Gasteiger partial charge in [0.2, 0.25) is 0 Å². The van der Waals surface area contributed by atoms with E-state index in [1.165, 1.54) is 23.3 Å². The van der Waals surface area contributed by atoms with E-state index in [2.05, 4.69) is 43.4 Å². The number of rotatable bonds is 12. The molecule has 0 bridgehead atoms. The topological polar surface area (TPSA) is 78.8 Å². The molecular weight excluding hydrogens is 471 g/mol. The number of hydrogen-bond acceptors (Lipinski definition) is 4. The summed E-state index contributed by atoms with van der Waals surface area (Å²) >= 11 is 0. The third-order valence-corrected chi connectivity index (χ3v) is 6.83. The molecule has 1 unspecified atom stereocenters. The average Bonchev–Trinajstić information content (AvgIpc) is 3.20. The van der Waals surface area contributed by atoms with E-state index in [0.717, 1.165) is 25.3 Å². The molecule has 8 heteroatoms. The molecule has 3 N–H and O–H groups in total. The van der Waals surface area contributed by atoms with Crippen LogP contribution in [0.5, 0.6) is 0 Å². The van der Waals surface area contributed by atoms with Crippen LogP contribution in [0.3, 0.4) is 0 Å². The van der Waals surface area contributed by atoms with E-state index in [1.54, 1.807) is 6.92 Å². The van der Waals surface area contributed by atoms with Gasteiger partial charge in [-0.1, -0.05) is 36.4 Å². The second-order valence-electron chi connectivity index (χ2n) is 10.4. The summed E-state index contributed by atoms with van der Waals surface area (Å²) in [5.41, 5.74) is 1.95. The van der Waals surface area contributed by atoms with Gasteiger partial charge in [-0.2, -0.15) is 13.2 Å². The highest BCUT2D eigenvalue weighted by molar-refractivity contribution is 5.67. The fourth-order valence-electron chi connectivity index (χ4n) is 5.15. The van der Waals surface area contributed by atoms with Crippen molar-refractivity contribution in [3.05, 3.63) is 70.3 Å². The van der Waals surface area contributed by atoms with E-state index in [-0.39, 0.29) is 36.2 Å². The molecule has 1 aliphatic rings. The number of carboxylic acids is 1. The van der Waals surface area contributed by atoms with Gasteiger partial charge in [0.15, 0.2) is 0 Å². The molecule has 0 heterocycles. The molecule has 0 saturated carbocycles. The lowest BCUT2D eigenvalue weighted by Crippen LogP contribution is -2.45. The van der Waals surface area contributed by atoms with Gasteiger partial charge in [-0.05, 0) is 80.7 Å². The van der Waals surface area contributed by atoms with Gasteiger partial charge in [-0.3, -0.25) is 4.79 Å². The summed E-state index contributed by atoms with van der Waals surface area (Å²) in [4.78, 5) is 11.0. The van der Waals surface area contributed by atoms with E-state index < -0.39 is 36.3 Å². The number of carbonyl (C=O) groups is 1. The predicted octanol–water partition coefficient (Wildman–Crippen LogP) is 5.33. The van der Waals surface area contributed by atoms with Crippen molar-refractivity contribution in [3.63, 3.8) is 0 Å². The molecule has 0 amide bonds. The molecule has 0 fully saturated rings. The lowest BCUT2D eigenvalue weighted by atomic mass is 9.88. The Hall–Kier alpha value is -2.42. The second kappa shape index (κ2) is 11.8. The van der Waals surface area contributed by atoms with E-state index in [4.69, 9.17) is 9.84 Å². The van der Waals surface area contributed by atoms with Gasteiger partial charge in [0.25, 0.3) is 0 Å². The van der Waals surface area contributed by atoms with Crippen molar-refractivity contribution in [3.8, 4) is 0 Å². The molecule has 36 heavy (non-hydrogen) atoms. The molecule has 0 saturated heterocycles. The molecule has 5 nitrogen and oxygen atoms in total. The molecule has 0 aliphatic heterocycles. The van der Waals surface area contributed by atoms with Gasteiger partial charge in [0, 0.05) is 18.5 Å². The first-order valence-corrected chi connectivity index (χ1v) is 12.4. The summed E-state index contributed by atoms with van der Waals surface area (Å²) in [6, 6.07) is 12.3. The number of alkyl halides is 3. The molecule has 0 aromatic heterocycles. The van der Waals surface area contributed by atoms with Gasteiger partial charge < -0.3 is 20.3 Å². The predicted molar refractivity (Wildman–Crippen MR) is 132 cm³/mol. The minimum Gasteiger partial charge on any atom is -0.481 e.